The van der Waals surface area contributed by atoms with Crippen molar-refractivity contribution in [1.29, 1.82) is 10.5 Å². The van der Waals surface area contributed by atoms with Gasteiger partial charge in [0.15, 0.2) is 0 Å². The van der Waals surface area contributed by atoms with Crippen LogP contribution in [0.2, 0.25) is 0 Å². The third kappa shape index (κ3) is 2.48. The minimum Gasteiger partial charge on any atom is -0.190 e. The number of para-hydroxylation sites is 1. The molecule has 0 radical (unpaired) electrons. The Labute approximate surface area is 86.4 Å². The van der Waals surface area contributed by atoms with Gasteiger partial charge in [-0.15, -0.1) is 5.10 Å². The topological polar surface area (TPSA) is 63.2 Å². The normalized spacial score (nSPS) is 8.21. The maximum absolute atomic E-state index is 8.43. The van der Waals surface area contributed by atoms with Crippen molar-refractivity contribution in [3.05, 3.63) is 30.3 Å². The number of hydrogen-bond acceptors (Lipinski definition) is 4. The molecule has 0 saturated carbocycles. The first-order valence-corrected chi connectivity index (χ1v) is 4.01. The molecule has 0 amide bonds. The summed E-state index contributed by atoms with van der Waals surface area (Å²) in [7, 11) is 0. The molecule has 1 rings (SSSR count). The van der Waals surface area contributed by atoms with Gasteiger partial charge in [-0.2, -0.15) is 15.1 Å². The summed E-state index contributed by atoms with van der Waals surface area (Å²) in [6.07, 6.45) is 0. The molecule has 0 atom stereocenters. The molecule has 0 aromatic heterocycles. The molecule has 0 saturated heterocycles. The molecule has 0 heterocycles. The molecule has 4 nitrogen and oxygen atoms in total. The monoisotopic (exact) mass is 204 g/mol. The summed E-state index contributed by atoms with van der Waals surface area (Å²) < 4.78 is 0.960. The van der Waals surface area contributed by atoms with Gasteiger partial charge in [-0.3, -0.25) is 0 Å². The zero-order valence-corrected chi connectivity index (χ0v) is 7.81. The molecular formula is C9H5ClN4. The van der Waals surface area contributed by atoms with Crippen molar-refractivity contribution in [2.45, 2.75) is 0 Å². The molecule has 0 N–H and O–H groups in total. The van der Waals surface area contributed by atoms with E-state index in [-0.39, 0.29) is 5.71 Å². The number of hydrogen-bond donors (Lipinski definition) is 0. The molecule has 0 spiro atoms. The Morgan fingerprint density at radius 3 is 2.29 bits per heavy atom. The molecule has 0 bridgehead atoms. The van der Waals surface area contributed by atoms with Crippen molar-refractivity contribution in [3.63, 3.8) is 0 Å². The van der Waals surface area contributed by atoms with Crippen LogP contribution in [0.5, 0.6) is 0 Å². The Morgan fingerprint density at radius 2 is 1.79 bits per heavy atom. The van der Waals surface area contributed by atoms with E-state index >= 15 is 0 Å². The van der Waals surface area contributed by atoms with Gasteiger partial charge in [0.2, 0.25) is 5.71 Å². The smallest absolute Gasteiger partial charge is 0.190 e. The lowest BCUT2D eigenvalue weighted by Gasteiger charge is -2.07. The van der Waals surface area contributed by atoms with Gasteiger partial charge >= 0.3 is 0 Å². The third-order valence-electron chi connectivity index (χ3n) is 1.37. The quantitative estimate of drug-likeness (QED) is 0.421. The summed E-state index contributed by atoms with van der Waals surface area (Å²) >= 11 is 5.70. The zero-order chi connectivity index (χ0) is 10.4. The molecule has 0 aliphatic carbocycles. The Hall–Kier alpha value is -2.04. The average Bonchev–Trinajstić information content (AvgIpc) is 2.26. The number of halogens is 1. The van der Waals surface area contributed by atoms with Gasteiger partial charge in [0, 0.05) is 11.8 Å². The van der Waals surface area contributed by atoms with Crippen LogP contribution in [-0.4, -0.2) is 5.71 Å². The highest BCUT2D eigenvalue weighted by atomic mass is 35.5. The lowest BCUT2D eigenvalue weighted by atomic mass is 10.3. The van der Waals surface area contributed by atoms with E-state index in [1.54, 1.807) is 36.4 Å². The van der Waals surface area contributed by atoms with E-state index in [9.17, 15) is 0 Å². The number of nitrogens with zero attached hydrogens (tertiary/aromatic N) is 4. The van der Waals surface area contributed by atoms with Gasteiger partial charge in [0.05, 0.1) is 5.69 Å². The molecule has 14 heavy (non-hydrogen) atoms. The number of nitriles is 2. The summed E-state index contributed by atoms with van der Waals surface area (Å²) in [6.45, 7) is 0. The van der Waals surface area contributed by atoms with Crippen molar-refractivity contribution in [1.82, 2.24) is 0 Å². The molecule has 1 aromatic rings. The van der Waals surface area contributed by atoms with Gasteiger partial charge in [-0.25, -0.2) is 0 Å². The van der Waals surface area contributed by atoms with Crippen LogP contribution in [0.1, 0.15) is 0 Å². The highest BCUT2D eigenvalue weighted by Crippen LogP contribution is 2.15. The first-order chi connectivity index (χ1) is 6.77. The van der Waals surface area contributed by atoms with Gasteiger partial charge < -0.3 is 0 Å². The Balaban J connectivity index is 2.89. The molecule has 5 heteroatoms. The molecule has 1 aromatic carbocycles. The van der Waals surface area contributed by atoms with E-state index in [1.165, 1.54) is 0 Å². The molecule has 0 unspecified atom stereocenters. The van der Waals surface area contributed by atoms with Crippen molar-refractivity contribution < 1.29 is 0 Å². The standard InChI is InChI=1S/C9H5ClN4/c10-14(13-8(6-11)7-12)9-4-2-1-3-5-9/h1-5H. The van der Waals surface area contributed by atoms with Crippen LogP contribution in [-0.2, 0) is 0 Å². The van der Waals surface area contributed by atoms with E-state index < -0.39 is 0 Å². The van der Waals surface area contributed by atoms with Crippen molar-refractivity contribution in [3.8, 4) is 12.1 Å². The molecule has 0 aliphatic rings. The van der Waals surface area contributed by atoms with Crippen molar-refractivity contribution >= 4 is 23.2 Å². The predicted octanol–water partition coefficient (Wildman–Crippen LogP) is 2.05. The molecule has 0 fully saturated rings. The van der Waals surface area contributed by atoms with Crippen LogP contribution < -0.4 is 4.53 Å². The Bertz CT molecular complexity index is 397. The van der Waals surface area contributed by atoms with Crippen LogP contribution >= 0.6 is 11.8 Å². The Morgan fingerprint density at radius 1 is 1.21 bits per heavy atom. The minimum absolute atomic E-state index is 0.288. The summed E-state index contributed by atoms with van der Waals surface area (Å²) in [6, 6.07) is 12.0. The number of benzene rings is 1. The number of hydrazone groups is 1. The van der Waals surface area contributed by atoms with E-state index in [0.29, 0.717) is 5.69 Å². The minimum atomic E-state index is -0.288. The van der Waals surface area contributed by atoms with Crippen LogP contribution in [0.3, 0.4) is 0 Å². The second-order valence-corrected chi connectivity index (χ2v) is 2.59. The SMILES string of the molecule is N#CC(C#N)=NN(Cl)c1ccccc1. The third-order valence-corrected chi connectivity index (χ3v) is 1.64. The van der Waals surface area contributed by atoms with Crippen LogP contribution in [0.15, 0.2) is 35.4 Å². The van der Waals surface area contributed by atoms with Crippen LogP contribution in [0, 0.1) is 22.7 Å². The van der Waals surface area contributed by atoms with E-state index in [1.807, 2.05) is 6.07 Å². The first kappa shape index (κ1) is 10.0. The second-order valence-electron chi connectivity index (χ2n) is 2.27. The Kier molecular flexibility index (Phi) is 3.49. The average molecular weight is 205 g/mol. The van der Waals surface area contributed by atoms with Gasteiger partial charge in [0.25, 0.3) is 0 Å². The fourth-order valence-electron chi connectivity index (χ4n) is 0.766. The van der Waals surface area contributed by atoms with Gasteiger partial charge in [-0.05, 0) is 12.1 Å². The second kappa shape index (κ2) is 4.86. The van der Waals surface area contributed by atoms with Gasteiger partial charge in [0.1, 0.15) is 12.1 Å². The van der Waals surface area contributed by atoms with E-state index in [2.05, 4.69) is 5.10 Å². The van der Waals surface area contributed by atoms with E-state index in [4.69, 9.17) is 22.3 Å². The first-order valence-electron chi connectivity index (χ1n) is 3.67. The molecule has 0 aliphatic heterocycles. The highest BCUT2D eigenvalue weighted by Gasteiger charge is 2.02. The van der Waals surface area contributed by atoms with Crippen molar-refractivity contribution in [2.75, 3.05) is 4.53 Å². The summed E-state index contributed by atoms with van der Waals surface area (Å²) in [5.74, 6) is 0. The summed E-state index contributed by atoms with van der Waals surface area (Å²) in [4.78, 5) is 0. The van der Waals surface area contributed by atoms with Gasteiger partial charge in [-0.1, -0.05) is 18.2 Å². The number of rotatable bonds is 2. The maximum Gasteiger partial charge on any atom is 0.238 e. The van der Waals surface area contributed by atoms with Crippen LogP contribution in [0.25, 0.3) is 0 Å². The summed E-state index contributed by atoms with van der Waals surface area (Å²) in [5, 5.41) is 20.4. The highest BCUT2D eigenvalue weighted by molar-refractivity contribution is 6.26. The fourth-order valence-corrected chi connectivity index (χ4v) is 0.955. The van der Waals surface area contributed by atoms with Crippen molar-refractivity contribution in [2.24, 2.45) is 5.10 Å². The molecule has 68 valence electrons. The molecular weight excluding hydrogens is 200 g/mol. The van der Waals surface area contributed by atoms with E-state index in [0.717, 1.165) is 4.53 Å². The predicted molar refractivity (Wildman–Crippen MR) is 53.4 cm³/mol. The maximum atomic E-state index is 8.43. The largest absolute Gasteiger partial charge is 0.238 e. The lowest BCUT2D eigenvalue weighted by molar-refractivity contribution is 1.19. The number of anilines is 1. The zero-order valence-electron chi connectivity index (χ0n) is 7.05. The fraction of sp³-hybridized carbons (Fsp3) is 0. The summed E-state index contributed by atoms with van der Waals surface area (Å²) in [5.41, 5.74) is 0.306. The lowest BCUT2D eigenvalue weighted by Crippen LogP contribution is -2.04. The van der Waals surface area contributed by atoms with Crippen LogP contribution in [0.4, 0.5) is 5.69 Å².